The maximum absolute atomic E-state index is 13.0. The number of thioether (sulfide) groups is 1. The van der Waals surface area contributed by atoms with Crippen LogP contribution in [0.25, 0.3) is 0 Å². The van der Waals surface area contributed by atoms with Gasteiger partial charge in [0.05, 0.1) is 0 Å². The highest BCUT2D eigenvalue weighted by Gasteiger charge is 2.54. The first-order chi connectivity index (χ1) is 14.1. The van der Waals surface area contributed by atoms with Crippen LogP contribution in [0.1, 0.15) is 70.6 Å². The average molecular weight is 414 g/mol. The lowest BCUT2D eigenvalue weighted by atomic mass is 9.53. The van der Waals surface area contributed by atoms with Crippen molar-refractivity contribution in [2.75, 3.05) is 13.1 Å². The second-order valence-electron chi connectivity index (χ2n) is 11.7. The van der Waals surface area contributed by atoms with Crippen LogP contribution in [0.4, 0.5) is 0 Å². The van der Waals surface area contributed by atoms with Crippen LogP contribution >= 0.6 is 11.8 Å². The molecule has 3 unspecified atom stereocenters. The van der Waals surface area contributed by atoms with Crippen LogP contribution in [0, 0.1) is 35.5 Å². The first kappa shape index (κ1) is 18.1. The number of amidine groups is 1. The molecule has 2 heterocycles. The zero-order valence-electron chi connectivity index (χ0n) is 17.5. The number of carbonyl (C=O) groups excluding carboxylic acids is 1. The molecule has 1 amide bonds. The van der Waals surface area contributed by atoms with Gasteiger partial charge in [-0.2, -0.15) is 4.99 Å². The molecule has 6 aliphatic carbocycles. The Balaban J connectivity index is 1.000. The molecule has 0 aromatic carbocycles. The Morgan fingerprint density at radius 1 is 0.862 bits per heavy atom. The Morgan fingerprint density at radius 2 is 1.55 bits per heavy atom. The first-order valence-electron chi connectivity index (χ1n) is 12.5. The molecule has 29 heavy (non-hydrogen) atoms. The minimum atomic E-state index is -0.248. The van der Waals surface area contributed by atoms with Crippen molar-refractivity contribution in [1.82, 2.24) is 10.2 Å². The highest BCUT2D eigenvalue weighted by molar-refractivity contribution is 8.16. The van der Waals surface area contributed by atoms with Crippen LogP contribution in [0.15, 0.2) is 4.99 Å². The Kier molecular flexibility index (Phi) is 4.03. The summed E-state index contributed by atoms with van der Waals surface area (Å²) < 4.78 is -0.248. The van der Waals surface area contributed by atoms with Gasteiger partial charge in [-0.3, -0.25) is 9.69 Å². The zero-order valence-corrected chi connectivity index (χ0v) is 18.3. The third-order valence-electron chi connectivity index (χ3n) is 10.1. The lowest BCUT2D eigenvalue weighted by molar-refractivity contribution is -0.122. The zero-order chi connectivity index (χ0) is 19.2. The van der Waals surface area contributed by atoms with E-state index in [-0.39, 0.29) is 10.7 Å². The van der Waals surface area contributed by atoms with E-state index in [9.17, 15) is 4.79 Å². The number of carbonyl (C=O) groups is 1. The van der Waals surface area contributed by atoms with Gasteiger partial charge in [-0.25, -0.2) is 0 Å². The van der Waals surface area contributed by atoms with Crippen LogP contribution in [0.3, 0.4) is 0 Å². The predicted octanol–water partition coefficient (Wildman–Crippen LogP) is 4.05. The first-order valence-corrected chi connectivity index (χ1v) is 13.3. The Labute approximate surface area is 179 Å². The van der Waals surface area contributed by atoms with E-state index in [1.165, 1.54) is 57.8 Å². The van der Waals surface area contributed by atoms with Crippen LogP contribution < -0.4 is 5.32 Å². The normalized spacial score (nSPS) is 49.9. The number of aliphatic imine (C=N–C) groups is 1. The topological polar surface area (TPSA) is 44.7 Å². The third-order valence-corrected chi connectivity index (χ3v) is 11.5. The van der Waals surface area contributed by atoms with Gasteiger partial charge >= 0.3 is 0 Å². The second kappa shape index (κ2) is 6.48. The number of fused-ring (bicyclic) bond motifs is 2. The molecule has 158 valence electrons. The summed E-state index contributed by atoms with van der Waals surface area (Å²) in [5, 5.41) is 4.66. The van der Waals surface area contributed by atoms with Gasteiger partial charge in [-0.15, -0.1) is 0 Å². The molecule has 6 bridgehead atoms. The van der Waals surface area contributed by atoms with Crippen molar-refractivity contribution in [2.24, 2.45) is 40.5 Å². The summed E-state index contributed by atoms with van der Waals surface area (Å²) in [6.45, 7) is 2.23. The molecule has 8 rings (SSSR count). The largest absolute Gasteiger partial charge is 0.361 e. The maximum Gasteiger partial charge on any atom is 0.264 e. The third kappa shape index (κ3) is 2.82. The summed E-state index contributed by atoms with van der Waals surface area (Å²) in [5.41, 5.74) is 0. The predicted molar refractivity (Wildman–Crippen MR) is 117 cm³/mol. The van der Waals surface area contributed by atoms with E-state index in [2.05, 4.69) is 15.2 Å². The van der Waals surface area contributed by atoms with E-state index in [1.54, 1.807) is 11.8 Å². The summed E-state index contributed by atoms with van der Waals surface area (Å²) in [6, 6.07) is 1.41. The number of piperidine rings is 1. The van der Waals surface area contributed by atoms with E-state index in [0.29, 0.717) is 6.04 Å². The minimum Gasteiger partial charge on any atom is -0.361 e. The average Bonchev–Trinajstić information content (AvgIpc) is 3.38. The second-order valence-corrected chi connectivity index (χ2v) is 13.1. The monoisotopic (exact) mass is 413 g/mol. The molecule has 5 heteroatoms. The fraction of sp³-hybridized carbons (Fsp3) is 0.917. The van der Waals surface area contributed by atoms with Crippen molar-refractivity contribution >= 4 is 22.8 Å². The lowest BCUT2D eigenvalue weighted by Gasteiger charge is -2.58. The van der Waals surface area contributed by atoms with Crippen molar-refractivity contribution in [3.8, 4) is 0 Å². The Bertz CT molecular complexity index is 714. The summed E-state index contributed by atoms with van der Waals surface area (Å²) in [6.07, 6.45) is 15.0. The Morgan fingerprint density at radius 3 is 2.17 bits per heavy atom. The molecular formula is C24H35N3OS. The maximum atomic E-state index is 13.0. The number of nitrogens with zero attached hydrogens (tertiary/aromatic N) is 2. The Hall–Kier alpha value is -0.550. The van der Waals surface area contributed by atoms with Gasteiger partial charge in [0.1, 0.15) is 4.75 Å². The summed E-state index contributed by atoms with van der Waals surface area (Å²) in [4.78, 5) is 20.3. The number of nitrogens with one attached hydrogen (secondary N) is 1. The van der Waals surface area contributed by atoms with E-state index < -0.39 is 0 Å². The highest BCUT2D eigenvalue weighted by atomic mass is 32.2. The number of amides is 1. The van der Waals surface area contributed by atoms with Crippen molar-refractivity contribution < 1.29 is 4.79 Å². The van der Waals surface area contributed by atoms with Gasteiger partial charge in [-0.05, 0) is 99.7 Å². The van der Waals surface area contributed by atoms with Crippen LogP contribution in [-0.2, 0) is 4.79 Å². The molecule has 6 saturated carbocycles. The molecule has 1 N–H and O–H groups in total. The van der Waals surface area contributed by atoms with Gasteiger partial charge in [0.15, 0.2) is 5.17 Å². The number of rotatable bonds is 2. The van der Waals surface area contributed by atoms with Crippen LogP contribution in [0.2, 0.25) is 0 Å². The van der Waals surface area contributed by atoms with Crippen molar-refractivity contribution in [1.29, 1.82) is 0 Å². The van der Waals surface area contributed by atoms with E-state index in [1.807, 2.05) is 0 Å². The van der Waals surface area contributed by atoms with Crippen molar-refractivity contribution in [2.45, 2.75) is 87.5 Å². The number of hydrogen-bond donors (Lipinski definition) is 1. The molecule has 7 fully saturated rings. The quantitative estimate of drug-likeness (QED) is 0.742. The SMILES string of the molecule is O=C1N=C(NC2CC3CCC2C3)SC12CCN(C1C3CC4C[C@H](C3)C[C@@H]1C4)CC2. The molecule has 2 aliphatic heterocycles. The van der Waals surface area contributed by atoms with Gasteiger partial charge < -0.3 is 5.32 Å². The molecule has 0 aromatic heterocycles. The lowest BCUT2D eigenvalue weighted by Crippen LogP contribution is -2.59. The van der Waals surface area contributed by atoms with Gasteiger partial charge in [0, 0.05) is 25.2 Å². The molecule has 8 aliphatic rings. The molecule has 4 nitrogen and oxygen atoms in total. The smallest absolute Gasteiger partial charge is 0.264 e. The minimum absolute atomic E-state index is 0.165. The van der Waals surface area contributed by atoms with Crippen molar-refractivity contribution in [3.63, 3.8) is 0 Å². The summed E-state index contributed by atoms with van der Waals surface area (Å²) >= 11 is 1.80. The standard InChI is InChI=1S/C24H35N3OS/c28-22-24(29-23(26-22)25-20-13-14-1-2-17(20)8-14)3-5-27(6-4-24)21-18-9-15-7-16(11-18)12-19(21)10-15/h14-21H,1-13H2,(H,25,26,28)/t14?,15-,16?,17?,18+,19?,20?,21?/m0/s1. The van der Waals surface area contributed by atoms with Gasteiger partial charge in [0.25, 0.3) is 5.91 Å². The molecule has 1 saturated heterocycles. The molecule has 0 aromatic rings. The number of likely N-dealkylation sites (tertiary alicyclic amines) is 1. The molecular weight excluding hydrogens is 378 g/mol. The fourth-order valence-electron chi connectivity index (χ4n) is 9.08. The van der Waals surface area contributed by atoms with Gasteiger partial charge in [0.2, 0.25) is 0 Å². The van der Waals surface area contributed by atoms with Crippen molar-refractivity contribution in [3.05, 3.63) is 0 Å². The highest BCUT2D eigenvalue weighted by Crippen LogP contribution is 2.56. The van der Waals surface area contributed by atoms with Gasteiger partial charge in [-0.1, -0.05) is 18.2 Å². The molecule has 0 radical (unpaired) electrons. The molecule has 1 spiro atoms. The van der Waals surface area contributed by atoms with E-state index in [4.69, 9.17) is 0 Å². The van der Waals surface area contributed by atoms with E-state index >= 15 is 0 Å². The van der Waals surface area contributed by atoms with E-state index in [0.717, 1.165) is 72.6 Å². The van der Waals surface area contributed by atoms with Crippen LogP contribution in [-0.4, -0.2) is 45.9 Å². The summed E-state index contributed by atoms with van der Waals surface area (Å²) in [5.74, 6) is 5.93. The number of hydrogen-bond acceptors (Lipinski definition) is 4. The molecule has 3 atom stereocenters. The summed E-state index contributed by atoms with van der Waals surface area (Å²) in [7, 11) is 0. The van der Waals surface area contributed by atoms with Crippen LogP contribution in [0.5, 0.6) is 0 Å². The fourth-order valence-corrected chi connectivity index (χ4v) is 10.3.